The maximum Gasteiger partial charge on any atom is 0.306 e. The summed E-state index contributed by atoms with van der Waals surface area (Å²) in [5, 5.41) is 0. The molecule has 6 heteroatoms. The number of anilines is 1. The predicted molar refractivity (Wildman–Crippen MR) is 92.8 cm³/mol. The lowest BCUT2D eigenvalue weighted by atomic mass is 10.1. The number of nitrogens with zero attached hydrogens (tertiary/aromatic N) is 1. The van der Waals surface area contributed by atoms with Crippen molar-refractivity contribution in [3.63, 3.8) is 0 Å². The zero-order chi connectivity index (χ0) is 17.1. The number of esters is 1. The van der Waals surface area contributed by atoms with Crippen LogP contribution in [0.5, 0.6) is 0 Å². The van der Waals surface area contributed by atoms with E-state index in [1.54, 1.807) is 0 Å². The summed E-state index contributed by atoms with van der Waals surface area (Å²) in [7, 11) is 1.32. The van der Waals surface area contributed by atoms with Crippen LogP contribution in [0.3, 0.4) is 0 Å². The summed E-state index contributed by atoms with van der Waals surface area (Å²) < 4.78 is 4.56. The maximum atomic E-state index is 12.5. The minimum atomic E-state index is -0.331. The minimum absolute atomic E-state index is 0.174. The second-order valence-electron chi connectivity index (χ2n) is 5.47. The molecular formula is C18H17NO4S. The molecule has 24 heavy (non-hydrogen) atoms. The quantitative estimate of drug-likeness (QED) is 0.604. The summed E-state index contributed by atoms with van der Waals surface area (Å²) in [5.41, 5.74) is 2.59. The van der Waals surface area contributed by atoms with Crippen LogP contribution in [-0.4, -0.2) is 36.9 Å². The molecule has 0 atom stereocenters. The number of methoxy groups -OCH3 is 1. The number of ketones is 2. The molecule has 1 aliphatic heterocycles. The SMILES string of the molecule is COC(=O)CCSC1=CC(=O)C(N2CCc3ccccc32)=CC1=O. The average Bonchev–Trinajstić information content (AvgIpc) is 3.01. The van der Waals surface area contributed by atoms with Crippen molar-refractivity contribution in [3.8, 4) is 0 Å². The van der Waals surface area contributed by atoms with Crippen LogP contribution in [0.15, 0.2) is 47.0 Å². The van der Waals surface area contributed by atoms with Crippen LogP contribution in [0.2, 0.25) is 0 Å². The van der Waals surface area contributed by atoms with Crippen molar-refractivity contribution in [2.75, 3.05) is 24.3 Å². The van der Waals surface area contributed by atoms with Gasteiger partial charge in [0.25, 0.3) is 0 Å². The van der Waals surface area contributed by atoms with E-state index in [2.05, 4.69) is 4.74 Å². The van der Waals surface area contributed by atoms with Gasteiger partial charge in [-0.3, -0.25) is 14.4 Å². The molecule has 0 fully saturated rings. The van der Waals surface area contributed by atoms with Gasteiger partial charge < -0.3 is 9.64 Å². The summed E-state index contributed by atoms with van der Waals surface area (Å²) in [6.07, 6.45) is 3.85. The first-order chi connectivity index (χ1) is 11.6. The Morgan fingerprint density at radius 3 is 2.79 bits per heavy atom. The van der Waals surface area contributed by atoms with Crippen molar-refractivity contribution < 1.29 is 19.1 Å². The van der Waals surface area contributed by atoms with Gasteiger partial charge in [-0.25, -0.2) is 0 Å². The topological polar surface area (TPSA) is 63.7 Å². The van der Waals surface area contributed by atoms with E-state index in [0.717, 1.165) is 12.1 Å². The standard InChI is InChI=1S/C18H17NO4S/c1-23-18(22)7-9-24-17-11-15(20)14(10-16(17)21)19-8-6-12-4-2-3-5-13(12)19/h2-5,10-11H,6-9H2,1H3. The molecule has 0 N–H and O–H groups in total. The Morgan fingerprint density at radius 2 is 2.00 bits per heavy atom. The highest BCUT2D eigenvalue weighted by atomic mass is 32.2. The summed E-state index contributed by atoms with van der Waals surface area (Å²) in [6.45, 7) is 0.697. The normalized spacial score (nSPS) is 16.6. The Bertz CT molecular complexity index is 766. The van der Waals surface area contributed by atoms with Gasteiger partial charge >= 0.3 is 5.97 Å². The van der Waals surface area contributed by atoms with Gasteiger partial charge in [0.2, 0.25) is 5.78 Å². The molecule has 3 rings (SSSR count). The number of hydrogen-bond donors (Lipinski definition) is 0. The van der Waals surface area contributed by atoms with Crippen LogP contribution in [0.1, 0.15) is 12.0 Å². The highest BCUT2D eigenvalue weighted by Crippen LogP contribution is 2.33. The smallest absolute Gasteiger partial charge is 0.306 e. The van der Waals surface area contributed by atoms with E-state index in [1.807, 2.05) is 29.2 Å². The first-order valence-corrected chi connectivity index (χ1v) is 8.66. The number of carbonyl (C=O) groups excluding carboxylic acids is 3. The van der Waals surface area contributed by atoms with Crippen molar-refractivity contribution in [2.24, 2.45) is 0 Å². The van der Waals surface area contributed by atoms with Crippen LogP contribution in [-0.2, 0) is 25.5 Å². The van der Waals surface area contributed by atoms with Crippen LogP contribution >= 0.6 is 11.8 Å². The fourth-order valence-corrected chi connectivity index (χ4v) is 3.67. The lowest BCUT2D eigenvalue weighted by Crippen LogP contribution is -2.28. The predicted octanol–water partition coefficient (Wildman–Crippen LogP) is 2.27. The Hall–Kier alpha value is -2.34. The molecule has 0 bridgehead atoms. The van der Waals surface area contributed by atoms with Gasteiger partial charge in [-0.05, 0) is 18.1 Å². The minimum Gasteiger partial charge on any atom is -0.469 e. The molecule has 0 aromatic heterocycles. The molecular weight excluding hydrogens is 326 g/mol. The summed E-state index contributed by atoms with van der Waals surface area (Å²) >= 11 is 1.21. The van der Waals surface area contributed by atoms with Gasteiger partial charge in [-0.15, -0.1) is 11.8 Å². The number of thioether (sulfide) groups is 1. The molecule has 0 amide bonds. The number of rotatable bonds is 5. The van der Waals surface area contributed by atoms with Crippen molar-refractivity contribution in [2.45, 2.75) is 12.8 Å². The highest BCUT2D eigenvalue weighted by molar-refractivity contribution is 8.04. The molecule has 1 aromatic rings. The van der Waals surface area contributed by atoms with Crippen LogP contribution < -0.4 is 4.90 Å². The summed E-state index contributed by atoms with van der Waals surface area (Å²) in [5.74, 6) is -0.286. The zero-order valence-corrected chi connectivity index (χ0v) is 14.1. The first kappa shape index (κ1) is 16.5. The third-order valence-electron chi connectivity index (χ3n) is 3.99. The van der Waals surface area contributed by atoms with E-state index in [9.17, 15) is 14.4 Å². The van der Waals surface area contributed by atoms with Gasteiger partial charge in [-0.1, -0.05) is 18.2 Å². The molecule has 124 valence electrons. The molecule has 1 aliphatic carbocycles. The van der Waals surface area contributed by atoms with Crippen LogP contribution in [0, 0.1) is 0 Å². The molecule has 0 saturated heterocycles. The fraction of sp³-hybridized carbons (Fsp3) is 0.278. The maximum absolute atomic E-state index is 12.5. The molecule has 1 heterocycles. The van der Waals surface area contributed by atoms with E-state index in [4.69, 9.17) is 0 Å². The lowest BCUT2D eigenvalue weighted by Gasteiger charge is -2.23. The van der Waals surface area contributed by atoms with Gasteiger partial charge in [0, 0.05) is 30.1 Å². The Balaban J connectivity index is 1.71. The number of hydrogen-bond acceptors (Lipinski definition) is 6. The van der Waals surface area contributed by atoms with Gasteiger partial charge in [0.1, 0.15) is 0 Å². The highest BCUT2D eigenvalue weighted by Gasteiger charge is 2.29. The first-order valence-electron chi connectivity index (χ1n) is 7.67. The Morgan fingerprint density at radius 1 is 1.21 bits per heavy atom. The van der Waals surface area contributed by atoms with Crippen molar-refractivity contribution in [1.29, 1.82) is 0 Å². The van der Waals surface area contributed by atoms with E-state index in [0.29, 0.717) is 22.9 Å². The number of para-hydroxylation sites is 1. The van der Waals surface area contributed by atoms with Gasteiger partial charge in [0.15, 0.2) is 5.78 Å². The third-order valence-corrected chi connectivity index (χ3v) is 5.03. The Labute approximate surface area is 144 Å². The number of ether oxygens (including phenoxy) is 1. The van der Waals surface area contributed by atoms with E-state index < -0.39 is 0 Å². The third kappa shape index (κ3) is 3.28. The number of fused-ring (bicyclic) bond motifs is 1. The summed E-state index contributed by atoms with van der Waals surface area (Å²) in [4.78, 5) is 38.2. The Kier molecular flexibility index (Phi) is 4.85. The second-order valence-corrected chi connectivity index (χ2v) is 6.61. The molecule has 0 unspecified atom stereocenters. The average molecular weight is 343 g/mol. The lowest BCUT2D eigenvalue weighted by molar-refractivity contribution is -0.140. The van der Waals surface area contributed by atoms with Crippen LogP contribution in [0.4, 0.5) is 5.69 Å². The zero-order valence-electron chi connectivity index (χ0n) is 13.3. The largest absolute Gasteiger partial charge is 0.469 e. The van der Waals surface area contributed by atoms with Crippen molar-refractivity contribution in [1.82, 2.24) is 0 Å². The fourth-order valence-electron chi connectivity index (χ4n) is 2.79. The van der Waals surface area contributed by atoms with Crippen LogP contribution in [0.25, 0.3) is 0 Å². The van der Waals surface area contributed by atoms with E-state index in [1.165, 1.54) is 36.6 Å². The second kappa shape index (κ2) is 7.05. The van der Waals surface area contributed by atoms with Gasteiger partial charge in [-0.2, -0.15) is 0 Å². The number of carbonyl (C=O) groups is 3. The van der Waals surface area contributed by atoms with E-state index in [-0.39, 0.29) is 24.0 Å². The molecule has 0 spiro atoms. The molecule has 5 nitrogen and oxygen atoms in total. The number of benzene rings is 1. The molecule has 0 radical (unpaired) electrons. The molecule has 1 aromatic carbocycles. The van der Waals surface area contributed by atoms with Gasteiger partial charge in [0.05, 0.1) is 24.1 Å². The van der Waals surface area contributed by atoms with Crippen molar-refractivity contribution >= 4 is 35.0 Å². The molecule has 0 saturated carbocycles. The van der Waals surface area contributed by atoms with Crippen molar-refractivity contribution in [3.05, 3.63) is 52.6 Å². The molecule has 2 aliphatic rings. The monoisotopic (exact) mass is 343 g/mol. The summed E-state index contributed by atoms with van der Waals surface area (Å²) in [6, 6.07) is 7.90. The number of allylic oxidation sites excluding steroid dienone is 3. The van der Waals surface area contributed by atoms with E-state index >= 15 is 0 Å².